The molecule has 15 heteroatoms. The predicted octanol–water partition coefficient (Wildman–Crippen LogP) is 5.28. The van der Waals surface area contributed by atoms with Crippen molar-refractivity contribution >= 4 is 30.2 Å². The van der Waals surface area contributed by atoms with Gasteiger partial charge >= 0.3 is 6.61 Å². The van der Waals surface area contributed by atoms with Crippen molar-refractivity contribution in [2.75, 3.05) is 46.3 Å². The Balaban J connectivity index is 0.00000108. The maximum Gasteiger partial charge on any atom is 0.342 e. The van der Waals surface area contributed by atoms with Gasteiger partial charge in [0.1, 0.15) is 41.5 Å². The molecule has 9 nitrogen and oxygen atoms in total. The summed E-state index contributed by atoms with van der Waals surface area (Å²) in [6, 6.07) is 10.8. The number of halogens is 5. The average Bonchev–Trinajstić information content (AvgIpc) is 3.02. The summed E-state index contributed by atoms with van der Waals surface area (Å²) in [5.74, 6) is -2.67. The summed E-state index contributed by atoms with van der Waals surface area (Å²) in [5.41, 5.74) is 0.309. The number of alkyl halides is 2. The number of aromatic nitrogens is 1. The molecule has 0 radical (unpaired) electrons. The van der Waals surface area contributed by atoms with E-state index in [1.54, 1.807) is 30.3 Å². The third-order valence-corrected chi connectivity index (χ3v) is 7.16. The number of likely N-dealkylation sites (N-methyl/N-ethyl adjacent to an activating group) is 1. The molecule has 262 valence electrons. The van der Waals surface area contributed by atoms with Crippen molar-refractivity contribution in [3.63, 3.8) is 0 Å². The highest BCUT2D eigenvalue weighted by molar-refractivity contribution is 7.98. The molecule has 0 spiro atoms. The summed E-state index contributed by atoms with van der Waals surface area (Å²) in [4.78, 5) is 35.7. The second kappa shape index (κ2) is 24.4. The third kappa shape index (κ3) is 16.6. The van der Waals surface area contributed by atoms with Gasteiger partial charge < -0.3 is 30.0 Å². The molecule has 0 fully saturated rings. The third-order valence-electron chi connectivity index (χ3n) is 5.96. The monoisotopic (exact) mass is 691 g/mol. The first-order valence-electron chi connectivity index (χ1n) is 14.3. The van der Waals surface area contributed by atoms with E-state index in [1.807, 2.05) is 21.0 Å². The number of nitrogens with one attached hydrogen (secondary N) is 1. The van der Waals surface area contributed by atoms with E-state index in [2.05, 4.69) is 5.32 Å². The zero-order valence-electron chi connectivity index (χ0n) is 26.8. The molecule has 47 heavy (non-hydrogen) atoms. The summed E-state index contributed by atoms with van der Waals surface area (Å²) in [7, 11) is 6.70. The quantitative estimate of drug-likeness (QED) is 0.163. The summed E-state index contributed by atoms with van der Waals surface area (Å²) in [5, 5.41) is 18.9. The van der Waals surface area contributed by atoms with Crippen LogP contribution in [0.4, 0.5) is 27.6 Å². The number of benzene rings is 2. The highest BCUT2D eigenvalue weighted by atomic mass is 32.2. The largest absolute Gasteiger partial charge is 0.497 e. The van der Waals surface area contributed by atoms with Crippen LogP contribution < -0.4 is 20.5 Å². The van der Waals surface area contributed by atoms with Gasteiger partial charge in [-0.2, -0.15) is 8.78 Å². The molecule has 0 aliphatic rings. The fraction of sp³-hybridized carbons (Fsp3) is 0.406. The van der Waals surface area contributed by atoms with Gasteiger partial charge in [-0.3, -0.25) is 13.6 Å². The highest BCUT2D eigenvalue weighted by Crippen LogP contribution is 2.30. The zero-order valence-corrected chi connectivity index (χ0v) is 27.7. The number of hydrogen-bond acceptors (Lipinski definition) is 9. The Morgan fingerprint density at radius 3 is 2.06 bits per heavy atom. The van der Waals surface area contributed by atoms with Crippen LogP contribution in [0.15, 0.2) is 59.5 Å². The fourth-order valence-electron chi connectivity index (χ4n) is 3.94. The van der Waals surface area contributed by atoms with E-state index in [1.165, 1.54) is 47.3 Å². The minimum atomic E-state index is -3.17. The molecule has 3 aromatic rings. The van der Waals surface area contributed by atoms with Crippen molar-refractivity contribution in [2.45, 2.75) is 44.0 Å². The molecule has 2 unspecified atom stereocenters. The molecular weight excluding hydrogens is 649 g/mol. The number of pyridine rings is 1. The number of rotatable bonds is 13. The minimum absolute atomic E-state index is 0.0467. The van der Waals surface area contributed by atoms with Crippen molar-refractivity contribution in [2.24, 2.45) is 0 Å². The second-order valence-electron chi connectivity index (χ2n) is 9.65. The van der Waals surface area contributed by atoms with Gasteiger partial charge in [0.05, 0.1) is 13.7 Å². The summed E-state index contributed by atoms with van der Waals surface area (Å²) >= 11 is 1.24. The van der Waals surface area contributed by atoms with E-state index in [-0.39, 0.29) is 47.5 Å². The Bertz CT molecular complexity index is 1360. The van der Waals surface area contributed by atoms with Crippen LogP contribution in [0.3, 0.4) is 0 Å². The summed E-state index contributed by atoms with van der Waals surface area (Å²) in [6.45, 7) is -1.16. The molecule has 0 bridgehead atoms. The van der Waals surface area contributed by atoms with Crippen LogP contribution in [-0.4, -0.2) is 80.0 Å². The van der Waals surface area contributed by atoms with Gasteiger partial charge in [-0.1, -0.05) is 13.3 Å². The molecule has 2 atom stereocenters. The number of aliphatic hydroxyl groups is 2. The molecular formula is C32H42F5N3O6S. The van der Waals surface area contributed by atoms with E-state index in [0.29, 0.717) is 23.8 Å². The molecule has 0 amide bonds. The number of anilines is 1. The van der Waals surface area contributed by atoms with Gasteiger partial charge in [-0.15, -0.1) is 0 Å². The van der Waals surface area contributed by atoms with E-state index >= 15 is 0 Å². The van der Waals surface area contributed by atoms with Crippen molar-refractivity contribution in [3.8, 4) is 5.75 Å². The highest BCUT2D eigenvalue weighted by Gasteiger charge is 2.24. The number of carbonyl (C=O) groups excluding carboxylic acids is 2. The number of hydrogen-bond donors (Lipinski definition) is 3. The lowest BCUT2D eigenvalue weighted by atomic mass is 9.94. The van der Waals surface area contributed by atoms with E-state index < -0.39 is 24.2 Å². The molecule has 0 saturated carbocycles. The van der Waals surface area contributed by atoms with Crippen molar-refractivity contribution in [3.05, 3.63) is 93.7 Å². The van der Waals surface area contributed by atoms with Crippen LogP contribution >= 0.6 is 11.9 Å². The summed E-state index contributed by atoms with van der Waals surface area (Å²) < 4.78 is 67.4. The molecule has 1 heterocycles. The Morgan fingerprint density at radius 1 is 1.06 bits per heavy atom. The summed E-state index contributed by atoms with van der Waals surface area (Å²) in [6.07, 6.45) is 4.43. The molecule has 3 N–H and O–H groups in total. The fourth-order valence-corrected chi connectivity index (χ4v) is 5.00. The predicted molar refractivity (Wildman–Crippen MR) is 174 cm³/mol. The number of aliphatic hydroxyl groups excluding tert-OH is 2. The Morgan fingerprint density at radius 2 is 1.62 bits per heavy atom. The zero-order chi connectivity index (χ0) is 35.9. The molecule has 3 rings (SSSR count). The Kier molecular flexibility index (Phi) is 22.4. The number of methoxy groups -OCH3 is 1. The van der Waals surface area contributed by atoms with Crippen LogP contribution in [-0.2, 0) is 4.79 Å². The van der Waals surface area contributed by atoms with Gasteiger partial charge in [-0.25, -0.2) is 13.2 Å². The number of carbonyl (C=O) groups is 2. The van der Waals surface area contributed by atoms with Crippen LogP contribution in [0, 0.1) is 17.5 Å². The van der Waals surface area contributed by atoms with Crippen molar-refractivity contribution < 1.29 is 46.5 Å². The van der Waals surface area contributed by atoms with Crippen molar-refractivity contribution in [1.82, 2.24) is 9.29 Å². The lowest BCUT2D eigenvalue weighted by Crippen LogP contribution is -2.32. The number of ether oxygens (including phenoxy) is 1. The number of nitrogens with zero attached hydrogens (tertiary/aromatic N) is 2. The molecule has 0 saturated heterocycles. The first kappa shape index (κ1) is 43.2. The Hall–Kier alpha value is -3.79. The SMILES string of the molecule is CCCC(CO)Sn1cccc(N(C)CC(CC=O)c2c(F)cc(OC)cc2F)c1=O.CNC.O=Cc1ccc(F)cc1.OC(F)F. The molecule has 2 aromatic carbocycles. The Labute approximate surface area is 275 Å². The van der Waals surface area contributed by atoms with Crippen LogP contribution in [0.1, 0.15) is 48.0 Å². The van der Waals surface area contributed by atoms with E-state index in [0.717, 1.165) is 25.0 Å². The second-order valence-corrected chi connectivity index (χ2v) is 10.9. The smallest absolute Gasteiger partial charge is 0.342 e. The van der Waals surface area contributed by atoms with Crippen LogP contribution in [0.5, 0.6) is 5.75 Å². The first-order chi connectivity index (χ1) is 22.3. The van der Waals surface area contributed by atoms with Gasteiger partial charge in [0, 0.05) is 60.6 Å². The molecule has 0 aliphatic heterocycles. The average molecular weight is 692 g/mol. The van der Waals surface area contributed by atoms with Crippen LogP contribution in [0.2, 0.25) is 0 Å². The maximum atomic E-state index is 14.6. The van der Waals surface area contributed by atoms with Gasteiger partial charge in [0.2, 0.25) is 0 Å². The molecule has 1 aromatic heterocycles. The van der Waals surface area contributed by atoms with Gasteiger partial charge in [0.25, 0.3) is 5.56 Å². The topological polar surface area (TPSA) is 121 Å². The minimum Gasteiger partial charge on any atom is -0.497 e. The van der Waals surface area contributed by atoms with Crippen LogP contribution in [0.25, 0.3) is 0 Å². The van der Waals surface area contributed by atoms with Crippen molar-refractivity contribution in [1.29, 1.82) is 0 Å². The molecule has 0 aliphatic carbocycles. The normalized spacial score (nSPS) is 11.4. The number of aldehydes is 2. The van der Waals surface area contributed by atoms with E-state index in [9.17, 15) is 41.4 Å². The first-order valence-corrected chi connectivity index (χ1v) is 15.1. The lowest BCUT2D eigenvalue weighted by Gasteiger charge is -2.26. The lowest BCUT2D eigenvalue weighted by molar-refractivity contribution is -0.108. The van der Waals surface area contributed by atoms with E-state index in [4.69, 9.17) is 9.84 Å². The van der Waals surface area contributed by atoms with Gasteiger partial charge in [0.15, 0.2) is 0 Å². The van der Waals surface area contributed by atoms with Gasteiger partial charge in [-0.05, 0) is 68.9 Å². The standard InChI is InChI=1S/C22H28F2N2O4S.C7H5FO.C2H7N.CH2F2O/c1-4-6-17(14-28)31-26-9-5-7-20(22(26)29)25(2)13-15(8-10-27)21-18(23)11-16(30-3)12-19(21)24;8-7-3-1-6(5-9)2-4-7;1-3-2;2-1(3)4/h5,7,9-12,15,17,28H,4,6,8,13-14H2,1-3H3;1-5H;3H,1-2H3;1,4H. The maximum absolute atomic E-state index is 14.6.